The molecule has 0 spiro atoms. The predicted octanol–water partition coefficient (Wildman–Crippen LogP) is 1.74. The van der Waals surface area contributed by atoms with Crippen LogP contribution in [-0.2, 0) is 10.0 Å². The van der Waals surface area contributed by atoms with Crippen molar-refractivity contribution in [3.63, 3.8) is 0 Å². The number of hydrogen-bond acceptors (Lipinski definition) is 6. The molecule has 1 atom stereocenters. The maximum atomic E-state index is 12.7. The molecule has 4 rings (SSSR count). The number of H-pyrrole nitrogens is 1. The standard InChI is InChI=1S/C18H24N6O2S/c1-18(10-19)4-6-24(11-18)27(25,26)9-13-7-14(8-13)23(2)17-15-3-5-20-16(15)21-12-22-17/h3,5,12-14H,4,6-9,11H2,1-2H3,(H,20,21,22)/t13-,14+,18-/m1/s1. The number of nitriles is 1. The number of nitrogens with one attached hydrogen (secondary N) is 1. The first-order valence-electron chi connectivity index (χ1n) is 9.21. The van der Waals surface area contributed by atoms with E-state index in [1.54, 1.807) is 6.33 Å². The molecule has 2 aliphatic rings. The fourth-order valence-electron chi connectivity index (χ4n) is 4.12. The van der Waals surface area contributed by atoms with E-state index in [1.165, 1.54) is 4.31 Å². The Labute approximate surface area is 159 Å². The van der Waals surface area contributed by atoms with Gasteiger partial charge in [-0.25, -0.2) is 22.7 Å². The van der Waals surface area contributed by atoms with Crippen LogP contribution in [0.2, 0.25) is 0 Å². The quantitative estimate of drug-likeness (QED) is 0.836. The fraction of sp³-hybridized carbons (Fsp3) is 0.611. The molecule has 2 aromatic rings. The van der Waals surface area contributed by atoms with Crippen LogP contribution < -0.4 is 4.90 Å². The molecule has 8 nitrogen and oxygen atoms in total. The van der Waals surface area contributed by atoms with Crippen molar-refractivity contribution in [2.45, 2.75) is 32.2 Å². The van der Waals surface area contributed by atoms with E-state index in [1.807, 2.05) is 26.2 Å². The summed E-state index contributed by atoms with van der Waals surface area (Å²) in [7, 11) is -1.30. The Balaban J connectivity index is 1.37. The van der Waals surface area contributed by atoms with E-state index in [0.717, 1.165) is 29.7 Å². The Morgan fingerprint density at radius 1 is 1.44 bits per heavy atom. The molecule has 0 unspecified atom stereocenters. The molecular weight excluding hydrogens is 364 g/mol. The van der Waals surface area contributed by atoms with Crippen molar-refractivity contribution in [3.8, 4) is 6.07 Å². The molecule has 1 N–H and O–H groups in total. The number of rotatable bonds is 5. The van der Waals surface area contributed by atoms with E-state index >= 15 is 0 Å². The zero-order valence-electron chi connectivity index (χ0n) is 15.6. The highest BCUT2D eigenvalue weighted by Gasteiger charge is 2.42. The number of hydrogen-bond donors (Lipinski definition) is 1. The summed E-state index contributed by atoms with van der Waals surface area (Å²) in [5.41, 5.74) is 0.254. The van der Waals surface area contributed by atoms with Crippen LogP contribution in [0, 0.1) is 22.7 Å². The lowest BCUT2D eigenvalue weighted by atomic mass is 9.81. The van der Waals surface area contributed by atoms with Crippen LogP contribution in [0.25, 0.3) is 11.0 Å². The normalized spacial score (nSPS) is 28.8. The van der Waals surface area contributed by atoms with E-state index in [4.69, 9.17) is 0 Å². The molecule has 3 heterocycles. The summed E-state index contributed by atoms with van der Waals surface area (Å²) in [6.07, 6.45) is 5.66. The van der Waals surface area contributed by atoms with Crippen LogP contribution >= 0.6 is 0 Å². The van der Waals surface area contributed by atoms with E-state index in [0.29, 0.717) is 19.5 Å². The van der Waals surface area contributed by atoms with E-state index in [9.17, 15) is 13.7 Å². The summed E-state index contributed by atoms with van der Waals surface area (Å²) < 4.78 is 26.9. The first kappa shape index (κ1) is 18.2. The molecule has 2 fully saturated rings. The van der Waals surface area contributed by atoms with Crippen molar-refractivity contribution in [1.29, 1.82) is 5.26 Å². The summed E-state index contributed by atoms with van der Waals surface area (Å²) in [6, 6.07) is 4.49. The van der Waals surface area contributed by atoms with Gasteiger partial charge in [0, 0.05) is 32.4 Å². The van der Waals surface area contributed by atoms with Gasteiger partial charge in [0.25, 0.3) is 0 Å². The fourth-order valence-corrected chi connectivity index (χ4v) is 6.05. The van der Waals surface area contributed by atoms with Crippen LogP contribution in [0.3, 0.4) is 0 Å². The van der Waals surface area contributed by atoms with Crippen LogP contribution in [-0.4, -0.2) is 59.6 Å². The third kappa shape index (κ3) is 3.28. The number of fused-ring (bicyclic) bond motifs is 1. The van der Waals surface area contributed by atoms with Gasteiger partial charge in [-0.15, -0.1) is 0 Å². The van der Waals surface area contributed by atoms with Crippen molar-refractivity contribution in [3.05, 3.63) is 18.6 Å². The van der Waals surface area contributed by atoms with Gasteiger partial charge in [-0.2, -0.15) is 5.26 Å². The third-order valence-electron chi connectivity index (χ3n) is 5.97. The van der Waals surface area contributed by atoms with Crippen LogP contribution in [0.4, 0.5) is 5.82 Å². The van der Waals surface area contributed by atoms with Gasteiger partial charge >= 0.3 is 0 Å². The maximum absolute atomic E-state index is 12.7. The highest BCUT2D eigenvalue weighted by atomic mass is 32.2. The van der Waals surface area contributed by atoms with Crippen molar-refractivity contribution in [1.82, 2.24) is 19.3 Å². The van der Waals surface area contributed by atoms with Gasteiger partial charge in [-0.1, -0.05) is 0 Å². The minimum absolute atomic E-state index is 0.153. The van der Waals surface area contributed by atoms with Gasteiger partial charge in [-0.3, -0.25) is 0 Å². The summed E-state index contributed by atoms with van der Waals surface area (Å²) in [4.78, 5) is 13.8. The number of anilines is 1. The average molecular weight is 388 g/mol. The van der Waals surface area contributed by atoms with Crippen molar-refractivity contribution in [2.24, 2.45) is 11.3 Å². The Morgan fingerprint density at radius 3 is 2.93 bits per heavy atom. The second kappa shape index (κ2) is 6.46. The number of aromatic amines is 1. The summed E-state index contributed by atoms with van der Waals surface area (Å²) in [6.45, 7) is 2.60. The number of sulfonamides is 1. The zero-order valence-corrected chi connectivity index (χ0v) is 16.4. The van der Waals surface area contributed by atoms with Gasteiger partial charge in [0.1, 0.15) is 17.8 Å². The van der Waals surface area contributed by atoms with Gasteiger partial charge in [-0.05, 0) is 38.2 Å². The largest absolute Gasteiger partial charge is 0.356 e. The molecule has 144 valence electrons. The van der Waals surface area contributed by atoms with Gasteiger partial charge in [0.2, 0.25) is 10.0 Å². The van der Waals surface area contributed by atoms with E-state index < -0.39 is 15.4 Å². The van der Waals surface area contributed by atoms with Crippen molar-refractivity contribution < 1.29 is 8.42 Å². The van der Waals surface area contributed by atoms with Gasteiger partial charge in [0.15, 0.2) is 0 Å². The molecule has 1 saturated carbocycles. The molecule has 0 amide bonds. The van der Waals surface area contributed by atoms with Crippen molar-refractivity contribution in [2.75, 3.05) is 30.8 Å². The first-order valence-corrected chi connectivity index (χ1v) is 10.8. The van der Waals surface area contributed by atoms with E-state index in [2.05, 4.69) is 25.9 Å². The molecule has 1 aliphatic carbocycles. The highest BCUT2D eigenvalue weighted by molar-refractivity contribution is 7.89. The predicted molar refractivity (Wildman–Crippen MR) is 103 cm³/mol. The lowest BCUT2D eigenvalue weighted by Crippen LogP contribution is -2.47. The summed E-state index contributed by atoms with van der Waals surface area (Å²) >= 11 is 0. The lowest BCUT2D eigenvalue weighted by molar-refractivity contribution is 0.278. The number of aromatic nitrogens is 3. The smallest absolute Gasteiger partial charge is 0.214 e. The summed E-state index contributed by atoms with van der Waals surface area (Å²) in [5.74, 6) is 1.19. The minimum atomic E-state index is -3.31. The Kier molecular flexibility index (Phi) is 4.35. The molecule has 2 aromatic heterocycles. The molecule has 0 bridgehead atoms. The Hall–Kier alpha value is -2.18. The second-order valence-electron chi connectivity index (χ2n) is 8.07. The second-order valence-corrected chi connectivity index (χ2v) is 10.1. The van der Waals surface area contributed by atoms with Crippen LogP contribution in [0.15, 0.2) is 18.6 Å². The zero-order chi connectivity index (χ0) is 19.2. The third-order valence-corrected chi connectivity index (χ3v) is 7.96. The topological polar surface area (TPSA) is 106 Å². The lowest BCUT2D eigenvalue weighted by Gasteiger charge is -2.42. The molecule has 1 aliphatic heterocycles. The first-order chi connectivity index (χ1) is 12.8. The Morgan fingerprint density at radius 2 is 2.22 bits per heavy atom. The SMILES string of the molecule is CN(c1ncnc2[nH]ccc12)[C@H]1C[C@@H](CS(=O)(=O)N2CC[C@](C)(C#N)C2)C1. The molecule has 27 heavy (non-hydrogen) atoms. The van der Waals surface area contributed by atoms with Crippen LogP contribution in [0.5, 0.6) is 0 Å². The molecule has 0 radical (unpaired) electrons. The Bertz CT molecular complexity index is 991. The van der Waals surface area contributed by atoms with Gasteiger partial charge < -0.3 is 9.88 Å². The molecule has 1 saturated heterocycles. The van der Waals surface area contributed by atoms with Crippen LogP contribution in [0.1, 0.15) is 26.2 Å². The van der Waals surface area contributed by atoms with E-state index in [-0.39, 0.29) is 17.7 Å². The monoisotopic (exact) mass is 388 g/mol. The van der Waals surface area contributed by atoms with Gasteiger partial charge in [0.05, 0.1) is 22.6 Å². The highest BCUT2D eigenvalue weighted by Crippen LogP contribution is 2.37. The van der Waals surface area contributed by atoms with Crippen molar-refractivity contribution >= 4 is 26.9 Å². The molecule has 9 heteroatoms. The molecule has 0 aromatic carbocycles. The minimum Gasteiger partial charge on any atom is -0.356 e. The average Bonchev–Trinajstić information content (AvgIpc) is 3.24. The molecular formula is C18H24N6O2S. The maximum Gasteiger partial charge on any atom is 0.214 e. The number of nitrogens with zero attached hydrogens (tertiary/aromatic N) is 5. The summed E-state index contributed by atoms with van der Waals surface area (Å²) in [5, 5.41) is 10.2.